The summed E-state index contributed by atoms with van der Waals surface area (Å²) in [6, 6.07) is 12.6. The molecule has 1 amide bonds. The van der Waals surface area contributed by atoms with E-state index in [2.05, 4.69) is 58.3 Å². The van der Waals surface area contributed by atoms with Crippen molar-refractivity contribution in [2.24, 2.45) is 10.9 Å². The average molecular weight is 512 g/mol. The summed E-state index contributed by atoms with van der Waals surface area (Å²) < 4.78 is 0. The summed E-state index contributed by atoms with van der Waals surface area (Å²) in [5.74, 6) is 1.29. The molecule has 7 heteroatoms. The van der Waals surface area contributed by atoms with Gasteiger partial charge < -0.3 is 15.5 Å². The van der Waals surface area contributed by atoms with Crippen molar-refractivity contribution in [2.45, 2.75) is 26.3 Å². The van der Waals surface area contributed by atoms with Gasteiger partial charge in [0.1, 0.15) is 0 Å². The van der Waals surface area contributed by atoms with Gasteiger partial charge in [-0.1, -0.05) is 37.3 Å². The Morgan fingerprint density at radius 2 is 2.00 bits per heavy atom. The summed E-state index contributed by atoms with van der Waals surface area (Å²) in [5, 5.41) is 8.59. The van der Waals surface area contributed by atoms with E-state index in [0.29, 0.717) is 18.4 Å². The zero-order chi connectivity index (χ0) is 19.1. The lowest BCUT2D eigenvalue weighted by molar-refractivity contribution is -0.130. The van der Waals surface area contributed by atoms with Crippen LogP contribution in [0, 0.1) is 5.92 Å². The molecule has 0 saturated carbocycles. The van der Waals surface area contributed by atoms with Crippen molar-refractivity contribution in [2.75, 3.05) is 26.7 Å². The van der Waals surface area contributed by atoms with Gasteiger partial charge in [-0.25, -0.2) is 0 Å². The van der Waals surface area contributed by atoms with Crippen LogP contribution in [0.25, 0.3) is 0 Å². The number of hydrogen-bond acceptors (Lipinski definition) is 3. The van der Waals surface area contributed by atoms with Gasteiger partial charge in [-0.05, 0) is 41.3 Å². The maximum Gasteiger partial charge on any atom is 0.242 e. The molecule has 5 nitrogen and oxygen atoms in total. The molecule has 1 atom stereocenters. The first-order chi connectivity index (χ1) is 13.2. The van der Waals surface area contributed by atoms with Crippen molar-refractivity contribution < 1.29 is 4.79 Å². The van der Waals surface area contributed by atoms with Crippen LogP contribution in [-0.4, -0.2) is 43.4 Å². The fourth-order valence-electron chi connectivity index (χ4n) is 3.32. The number of thiophene rings is 1. The molecule has 2 N–H and O–H groups in total. The van der Waals surface area contributed by atoms with Gasteiger partial charge in [-0.3, -0.25) is 9.79 Å². The van der Waals surface area contributed by atoms with E-state index in [0.717, 1.165) is 25.9 Å². The van der Waals surface area contributed by atoms with Crippen LogP contribution in [0.5, 0.6) is 0 Å². The quantitative estimate of drug-likeness (QED) is 0.355. The van der Waals surface area contributed by atoms with Crippen molar-refractivity contribution >= 4 is 47.2 Å². The number of carbonyl (C=O) groups excluding carboxylic acids is 1. The van der Waals surface area contributed by atoms with Gasteiger partial charge in [0.15, 0.2) is 5.96 Å². The number of hydrogen-bond donors (Lipinski definition) is 2. The number of aliphatic imine (C=N–C) groups is 1. The standard InChI is InChI=1S/C21H28N4OS.HI/c1-16(12-19-8-5-11-27-19)13-23-21(22-2)24-14-20(26)25-10-9-17-6-3-4-7-18(17)15-25;/h3-8,11,16H,9-10,12-15H2,1-2H3,(H2,22,23,24);1H. The van der Waals surface area contributed by atoms with E-state index in [1.165, 1.54) is 16.0 Å². The van der Waals surface area contributed by atoms with E-state index in [-0.39, 0.29) is 36.4 Å². The van der Waals surface area contributed by atoms with E-state index in [1.54, 1.807) is 18.4 Å². The highest BCUT2D eigenvalue weighted by Crippen LogP contribution is 2.18. The van der Waals surface area contributed by atoms with Gasteiger partial charge in [-0.15, -0.1) is 35.3 Å². The summed E-state index contributed by atoms with van der Waals surface area (Å²) in [5.41, 5.74) is 2.61. The van der Waals surface area contributed by atoms with Gasteiger partial charge in [0.2, 0.25) is 5.91 Å². The summed E-state index contributed by atoms with van der Waals surface area (Å²) in [7, 11) is 1.74. The van der Waals surface area contributed by atoms with Crippen molar-refractivity contribution in [3.63, 3.8) is 0 Å². The van der Waals surface area contributed by atoms with Crippen molar-refractivity contribution in [1.29, 1.82) is 0 Å². The fraction of sp³-hybridized carbons (Fsp3) is 0.429. The first-order valence-electron chi connectivity index (χ1n) is 9.47. The molecule has 0 bridgehead atoms. The molecule has 152 valence electrons. The Morgan fingerprint density at radius 1 is 1.21 bits per heavy atom. The first kappa shape index (κ1) is 22.7. The Morgan fingerprint density at radius 3 is 2.71 bits per heavy atom. The van der Waals surface area contributed by atoms with Crippen molar-refractivity contribution in [1.82, 2.24) is 15.5 Å². The number of fused-ring (bicyclic) bond motifs is 1. The number of benzene rings is 1. The molecular weight excluding hydrogens is 483 g/mol. The van der Waals surface area contributed by atoms with Crippen LogP contribution in [-0.2, 0) is 24.2 Å². The average Bonchev–Trinajstić information content (AvgIpc) is 3.20. The third kappa shape index (κ3) is 6.48. The van der Waals surface area contributed by atoms with E-state index in [4.69, 9.17) is 0 Å². The Hall–Kier alpha value is -1.61. The number of nitrogens with zero attached hydrogens (tertiary/aromatic N) is 2. The highest BCUT2D eigenvalue weighted by molar-refractivity contribution is 14.0. The molecule has 0 radical (unpaired) electrons. The van der Waals surface area contributed by atoms with Crippen LogP contribution in [0.3, 0.4) is 0 Å². The third-order valence-corrected chi connectivity index (χ3v) is 5.76. The Labute approximate surface area is 188 Å². The van der Waals surface area contributed by atoms with Gasteiger partial charge in [0.05, 0.1) is 6.54 Å². The zero-order valence-corrected chi connectivity index (χ0v) is 19.6. The van der Waals surface area contributed by atoms with Gasteiger partial charge in [0, 0.05) is 31.6 Å². The molecule has 3 rings (SSSR count). The third-order valence-electron chi connectivity index (χ3n) is 4.86. The number of rotatable bonds is 6. The fourth-order valence-corrected chi connectivity index (χ4v) is 4.19. The van der Waals surface area contributed by atoms with Crippen molar-refractivity contribution in [3.05, 3.63) is 57.8 Å². The van der Waals surface area contributed by atoms with Gasteiger partial charge in [0.25, 0.3) is 0 Å². The number of halogens is 1. The first-order valence-corrected chi connectivity index (χ1v) is 10.3. The monoisotopic (exact) mass is 512 g/mol. The van der Waals surface area contributed by atoms with E-state index in [9.17, 15) is 4.79 Å². The van der Waals surface area contributed by atoms with Crippen LogP contribution < -0.4 is 10.6 Å². The van der Waals surface area contributed by atoms with Gasteiger partial charge in [-0.2, -0.15) is 0 Å². The molecule has 1 aromatic carbocycles. The van der Waals surface area contributed by atoms with E-state index >= 15 is 0 Å². The van der Waals surface area contributed by atoms with Crippen LogP contribution >= 0.6 is 35.3 Å². The minimum atomic E-state index is 0. The predicted molar refractivity (Wildman–Crippen MR) is 128 cm³/mol. The Bertz CT molecular complexity index is 778. The van der Waals surface area contributed by atoms with E-state index < -0.39 is 0 Å². The number of carbonyl (C=O) groups is 1. The molecule has 0 spiro atoms. The summed E-state index contributed by atoms with van der Waals surface area (Å²) >= 11 is 1.79. The minimum absolute atomic E-state index is 0. The van der Waals surface area contributed by atoms with Crippen LogP contribution in [0.2, 0.25) is 0 Å². The summed E-state index contributed by atoms with van der Waals surface area (Å²) in [4.78, 5) is 20.1. The maximum atomic E-state index is 12.6. The Kier molecular flexibility index (Phi) is 9.24. The molecule has 1 aliphatic rings. The van der Waals surface area contributed by atoms with Crippen LogP contribution in [0.1, 0.15) is 22.9 Å². The summed E-state index contributed by atoms with van der Waals surface area (Å²) in [6.07, 6.45) is 1.98. The lowest BCUT2D eigenvalue weighted by Gasteiger charge is -2.29. The molecule has 1 unspecified atom stereocenters. The van der Waals surface area contributed by atoms with Crippen LogP contribution in [0.4, 0.5) is 0 Å². The number of amides is 1. The zero-order valence-electron chi connectivity index (χ0n) is 16.5. The normalized spacial score (nSPS) is 14.6. The lowest BCUT2D eigenvalue weighted by Crippen LogP contribution is -2.46. The van der Waals surface area contributed by atoms with Crippen LogP contribution in [0.15, 0.2) is 46.8 Å². The second kappa shape index (κ2) is 11.4. The molecule has 0 saturated heterocycles. The smallest absolute Gasteiger partial charge is 0.242 e. The molecule has 28 heavy (non-hydrogen) atoms. The second-order valence-electron chi connectivity index (χ2n) is 7.03. The topological polar surface area (TPSA) is 56.7 Å². The number of guanidine groups is 1. The van der Waals surface area contributed by atoms with E-state index in [1.807, 2.05) is 11.0 Å². The number of nitrogens with one attached hydrogen (secondary N) is 2. The van der Waals surface area contributed by atoms with Crippen molar-refractivity contribution in [3.8, 4) is 0 Å². The minimum Gasteiger partial charge on any atom is -0.356 e. The molecule has 1 aliphatic heterocycles. The molecule has 1 aromatic heterocycles. The molecular formula is C21H29IN4OS. The highest BCUT2D eigenvalue weighted by atomic mass is 127. The Balaban J connectivity index is 0.00000280. The largest absolute Gasteiger partial charge is 0.356 e. The lowest BCUT2D eigenvalue weighted by atomic mass is 10.00. The second-order valence-corrected chi connectivity index (χ2v) is 8.06. The highest BCUT2D eigenvalue weighted by Gasteiger charge is 2.20. The molecule has 2 heterocycles. The SMILES string of the molecule is CN=C(NCC(=O)N1CCc2ccccc2C1)NCC(C)Cc1cccs1.I. The molecule has 0 aliphatic carbocycles. The molecule has 0 fully saturated rings. The van der Waals surface area contributed by atoms with Gasteiger partial charge >= 0.3 is 0 Å². The maximum absolute atomic E-state index is 12.6. The molecule has 2 aromatic rings. The summed E-state index contributed by atoms with van der Waals surface area (Å²) in [6.45, 7) is 4.78. The predicted octanol–water partition coefficient (Wildman–Crippen LogP) is 3.29.